The Balaban J connectivity index is 8.83. The van der Waals surface area contributed by atoms with Crippen LogP contribution in [0.4, 0.5) is 52.7 Å². The molecule has 8 nitrogen and oxygen atoms in total. The van der Waals surface area contributed by atoms with Crippen LogP contribution in [0, 0.1) is 0 Å². The van der Waals surface area contributed by atoms with Gasteiger partial charge in [-0.15, -0.1) is 0 Å². The van der Waals surface area contributed by atoms with Crippen molar-refractivity contribution in [1.82, 2.24) is 0 Å². The summed E-state index contributed by atoms with van der Waals surface area (Å²) in [5.74, 6) is 0. The molecule has 0 heterocycles. The molecule has 0 rings (SSSR count). The van der Waals surface area contributed by atoms with Gasteiger partial charge in [0.15, 0.2) is 0 Å². The van der Waals surface area contributed by atoms with E-state index in [2.05, 4.69) is 0 Å². The molecule has 0 aliphatic rings. The van der Waals surface area contributed by atoms with Gasteiger partial charge in [0.2, 0.25) is 6.16 Å². The minimum atomic E-state index is -9.95. The summed E-state index contributed by atoms with van der Waals surface area (Å²) in [6.07, 6.45) is -9.95. The van der Waals surface area contributed by atoms with Gasteiger partial charge in [0, 0.05) is 0 Å². The number of hydrogen-bond acceptors (Lipinski definition) is 8. The Morgan fingerprint density at radius 2 is 0.414 bits per heavy atom. The number of hydrogen-bond donors (Lipinski definition) is 0. The average Bonchev–Trinajstić information content (AvgIpc) is 2.31. The minimum Gasteiger partial charge on any atom is -0.207 e. The summed E-state index contributed by atoms with van der Waals surface area (Å²) < 4.78 is 241. The molecule has 0 aromatic heterocycles. The molecule has 29 heavy (non-hydrogen) atoms. The van der Waals surface area contributed by atoms with Crippen LogP contribution in [0.25, 0.3) is 0 Å². The first-order valence-electron chi connectivity index (χ1n) is 5.08. The molecule has 0 radical (unpaired) electrons. The van der Waals surface area contributed by atoms with E-state index in [1.807, 2.05) is 0 Å². The van der Waals surface area contributed by atoms with Crippen molar-refractivity contribution in [3.8, 4) is 0 Å². The summed E-state index contributed by atoms with van der Waals surface area (Å²) in [4.78, 5) is 0. The summed E-state index contributed by atoms with van der Waals surface area (Å²) in [5.41, 5.74) is -31.9. The summed E-state index contributed by atoms with van der Waals surface area (Å²) in [6, 6.07) is 0. The Kier molecular flexibility index (Phi) is 6.49. The van der Waals surface area contributed by atoms with Gasteiger partial charge in [0.05, 0.1) is 0 Å². The Bertz CT molecular complexity index is 897. The maximum atomic E-state index is 12.6. The smallest absolute Gasteiger partial charge is 0.207 e. The van der Waals surface area contributed by atoms with Gasteiger partial charge in [-0.25, -0.2) is 33.7 Å². The maximum absolute atomic E-state index is 12.6. The lowest BCUT2D eigenvalue weighted by atomic mass is 11.6. The molecule has 0 N–H and O–H groups in total. The zero-order chi connectivity index (χ0) is 24.5. The van der Waals surface area contributed by atoms with Crippen molar-refractivity contribution >= 4 is 41.6 Å². The van der Waals surface area contributed by atoms with Gasteiger partial charge in [-0.05, 0) is 0 Å². The molecule has 0 spiro atoms. The van der Waals surface area contributed by atoms with Crippen molar-refractivity contribution in [2.45, 2.75) is 22.0 Å². The van der Waals surface area contributed by atoms with E-state index in [4.69, 9.17) is 0 Å². The lowest BCUT2D eigenvalue weighted by molar-refractivity contribution is -0.0425. The Morgan fingerprint density at radius 3 is 0.483 bits per heavy atom. The first kappa shape index (κ1) is 28.3. The molecule has 0 bridgehead atoms. The van der Waals surface area contributed by atoms with E-state index in [0.29, 0.717) is 0 Å². The third-order valence-electron chi connectivity index (χ3n) is 2.21. The molecule has 0 amide bonds. The third-order valence-corrected chi connectivity index (χ3v) is 34.7. The Morgan fingerprint density at radius 1 is 0.310 bits per heavy atom. The van der Waals surface area contributed by atoms with Crippen molar-refractivity contribution < 1.29 is 86.4 Å². The van der Waals surface area contributed by atoms with Crippen LogP contribution in [0.1, 0.15) is 0 Å². The monoisotopic (exact) mass is 564 g/mol. The first-order chi connectivity index (χ1) is 12.0. The lowest BCUT2D eigenvalue weighted by Gasteiger charge is -2.36. The highest BCUT2D eigenvalue weighted by atomic mass is 34.1. The van der Waals surface area contributed by atoms with E-state index in [-0.39, 0.29) is 0 Å². The predicted octanol–water partition coefficient (Wildman–Crippen LogP) is 2.19. The molecule has 0 saturated carbocycles. The summed E-state index contributed by atoms with van der Waals surface area (Å²) in [6.45, 7) is 0. The van der Waals surface area contributed by atoms with E-state index in [9.17, 15) is 86.4 Å². The number of alkyl halides is 12. The van der Waals surface area contributed by atoms with E-state index in [0.717, 1.165) is 0 Å². The largest absolute Gasteiger partial charge is 0.508 e. The van der Waals surface area contributed by atoms with E-state index >= 15 is 0 Å². The van der Waals surface area contributed by atoms with Gasteiger partial charge in [0.25, 0.3) is 0 Å². The highest BCUT2D eigenvalue weighted by molar-refractivity contribution is 9.61. The van der Waals surface area contributed by atoms with Gasteiger partial charge < -0.3 is 0 Å². The molecule has 178 valence electrons. The molecular formula is C4F12O8S5. The van der Waals surface area contributed by atoms with Gasteiger partial charge in [0.1, 0.15) is 0 Å². The fraction of sp³-hybridized carbons (Fsp3) is 1.00. The van der Waals surface area contributed by atoms with Gasteiger partial charge >= 0.3 is 57.5 Å². The Labute approximate surface area is 150 Å². The molecule has 0 unspecified atom stereocenters. The average molecular weight is 564 g/mol. The van der Waals surface area contributed by atoms with Gasteiger partial charge in [-0.2, -0.15) is 52.7 Å². The second-order valence-corrected chi connectivity index (χ2v) is 25.4. The summed E-state index contributed by atoms with van der Waals surface area (Å²) in [5, 5.41) is 0. The highest BCUT2D eigenvalue weighted by Crippen LogP contribution is 2.79. The van der Waals surface area contributed by atoms with Crippen molar-refractivity contribution in [3.63, 3.8) is 0 Å². The summed E-state index contributed by atoms with van der Waals surface area (Å²) in [7, 11) is -37.9. The fourth-order valence-electron chi connectivity index (χ4n) is 1.17. The molecule has 0 atom stereocenters. The van der Waals surface area contributed by atoms with Gasteiger partial charge in [-0.1, -0.05) is 0 Å². The Hall–Kier alpha value is -0.690. The van der Waals surface area contributed by atoms with Crippen LogP contribution in [-0.2, 0) is 35.5 Å². The number of rotatable bonds is 4. The highest BCUT2D eigenvalue weighted by Gasteiger charge is 2.89. The molecule has 0 aliphatic carbocycles. The maximum Gasteiger partial charge on any atom is 0.508 e. The van der Waals surface area contributed by atoms with E-state index in [1.165, 1.54) is 0 Å². The molecule has 0 aromatic rings. The fourth-order valence-corrected chi connectivity index (χ4v) is 31.6. The molecule has 0 fully saturated rings. The van der Waals surface area contributed by atoms with Gasteiger partial charge in [-0.3, -0.25) is 0 Å². The van der Waals surface area contributed by atoms with Crippen LogP contribution in [0.15, 0.2) is 0 Å². The normalized spacial score (nSPS) is 17.2. The predicted molar refractivity (Wildman–Crippen MR) is 67.5 cm³/mol. The molecule has 0 aromatic carbocycles. The van der Waals surface area contributed by atoms with Crippen molar-refractivity contribution in [3.05, 3.63) is 0 Å². The number of halogens is 12. The second kappa shape index (κ2) is 6.65. The summed E-state index contributed by atoms with van der Waals surface area (Å²) >= 11 is 0. The van der Waals surface area contributed by atoms with Crippen LogP contribution in [0.5, 0.6) is 0 Å². The molecular weight excluding hydrogens is 564 g/mol. The SMILES string of the molecule is O=S(=O)(C(F)(F)F)S(S(=O)(=O)C(F)(F)F)(S(=O)(=O)C(F)(F)F)S(=O)(=O)C(F)(F)F. The van der Waals surface area contributed by atoms with Crippen molar-refractivity contribution in [2.24, 2.45) is 0 Å². The first-order valence-corrected chi connectivity index (χ1v) is 14.7. The van der Waals surface area contributed by atoms with Crippen LogP contribution >= 0.6 is 6.16 Å². The quantitative estimate of drug-likeness (QED) is 0.375. The minimum absolute atomic E-state index is 7.97. The zero-order valence-corrected chi connectivity index (χ0v) is 15.9. The van der Waals surface area contributed by atoms with Crippen molar-refractivity contribution in [1.29, 1.82) is 0 Å². The van der Waals surface area contributed by atoms with Crippen LogP contribution < -0.4 is 0 Å². The van der Waals surface area contributed by atoms with Crippen LogP contribution in [0.2, 0.25) is 0 Å². The second-order valence-electron chi connectivity index (χ2n) is 4.01. The molecule has 25 heteroatoms. The molecule has 0 saturated heterocycles. The molecule has 0 aliphatic heterocycles. The third kappa shape index (κ3) is 3.44. The van der Waals surface area contributed by atoms with Crippen LogP contribution in [-0.4, -0.2) is 55.7 Å². The van der Waals surface area contributed by atoms with E-state index < -0.39 is 63.7 Å². The lowest BCUT2D eigenvalue weighted by Crippen LogP contribution is -2.51. The van der Waals surface area contributed by atoms with Crippen molar-refractivity contribution in [2.75, 3.05) is 0 Å². The van der Waals surface area contributed by atoms with Crippen LogP contribution in [0.3, 0.4) is 0 Å². The van der Waals surface area contributed by atoms with E-state index in [1.54, 1.807) is 0 Å². The zero-order valence-electron chi connectivity index (χ0n) is 11.8. The topological polar surface area (TPSA) is 137 Å². The standard InChI is InChI=1S/C4F12O8S5/c5-1(6,7)25(17,18)29(26(19,20)2(8,9)10,27(21,22)3(11,12)13)28(23,24)4(14,15)16.